The van der Waals surface area contributed by atoms with Crippen LogP contribution in [0.4, 0.5) is 5.69 Å². The Morgan fingerprint density at radius 2 is 1.80 bits per heavy atom. The molecule has 3 aliphatic rings. The third-order valence-corrected chi connectivity index (χ3v) is 8.27. The highest BCUT2D eigenvalue weighted by molar-refractivity contribution is 6.02. The molecular weight excluding hydrogens is 512 g/mol. The predicted molar refractivity (Wildman–Crippen MR) is 149 cm³/mol. The van der Waals surface area contributed by atoms with Crippen LogP contribution in [-0.2, 0) is 19.1 Å². The molecule has 2 aromatic rings. The molecule has 2 amide bonds. The van der Waals surface area contributed by atoms with Crippen LogP contribution >= 0.6 is 0 Å². The first-order valence-corrected chi connectivity index (χ1v) is 13.9. The van der Waals surface area contributed by atoms with Crippen LogP contribution < -0.4 is 14.4 Å². The second-order valence-corrected chi connectivity index (χ2v) is 12.0. The van der Waals surface area contributed by atoms with Crippen LogP contribution in [0, 0.1) is 18.3 Å². The van der Waals surface area contributed by atoms with Crippen LogP contribution in [0.2, 0.25) is 0 Å². The van der Waals surface area contributed by atoms with Crippen LogP contribution in [-0.4, -0.2) is 66.7 Å². The van der Waals surface area contributed by atoms with Gasteiger partial charge in [0.2, 0.25) is 5.91 Å². The number of amides is 2. The lowest BCUT2D eigenvalue weighted by Crippen LogP contribution is -2.56. The van der Waals surface area contributed by atoms with Gasteiger partial charge in [0.25, 0.3) is 5.91 Å². The number of rotatable bonds is 5. The molecule has 1 fully saturated rings. The molecule has 0 spiro atoms. The summed E-state index contributed by atoms with van der Waals surface area (Å²) in [5.74, 6) is -0.543. The number of hydrogen-bond acceptors (Lipinski definition) is 6. The van der Waals surface area contributed by atoms with Gasteiger partial charge in [-0.3, -0.25) is 19.3 Å². The Labute approximate surface area is 235 Å². The molecule has 0 aromatic heterocycles. The molecule has 40 heavy (non-hydrogen) atoms. The molecule has 0 saturated carbocycles. The molecule has 5 rings (SSSR count). The zero-order valence-electron chi connectivity index (χ0n) is 23.8. The van der Waals surface area contributed by atoms with Crippen LogP contribution in [0.1, 0.15) is 62.8 Å². The fraction of sp³-hybridized carbons (Fsp3) is 0.516. The maximum absolute atomic E-state index is 14.4. The summed E-state index contributed by atoms with van der Waals surface area (Å²) in [5, 5.41) is 9.36. The van der Waals surface area contributed by atoms with E-state index in [0.29, 0.717) is 49.7 Å². The lowest BCUT2D eigenvalue weighted by atomic mass is 9.84. The number of aliphatic carboxylic acids is 1. The Balaban J connectivity index is 1.58. The van der Waals surface area contributed by atoms with E-state index in [1.165, 1.54) is 0 Å². The number of carboxylic acid groups (broad SMARTS) is 1. The highest BCUT2D eigenvalue weighted by Crippen LogP contribution is 2.50. The average molecular weight is 551 g/mol. The van der Waals surface area contributed by atoms with Crippen molar-refractivity contribution in [3.63, 3.8) is 0 Å². The molecule has 0 aliphatic carbocycles. The zero-order chi connectivity index (χ0) is 28.8. The first-order valence-electron chi connectivity index (χ1n) is 13.9. The summed E-state index contributed by atoms with van der Waals surface area (Å²) in [6.07, 6.45) is -1.08. The van der Waals surface area contributed by atoms with Crippen LogP contribution in [0.3, 0.4) is 0 Å². The number of para-hydroxylation sites is 1. The summed E-state index contributed by atoms with van der Waals surface area (Å²) in [7, 11) is 1.60. The van der Waals surface area contributed by atoms with Gasteiger partial charge in [0.05, 0.1) is 31.2 Å². The minimum atomic E-state index is -1.05. The number of piperidine rings is 1. The Morgan fingerprint density at radius 3 is 2.45 bits per heavy atom. The van der Waals surface area contributed by atoms with E-state index < -0.39 is 24.1 Å². The van der Waals surface area contributed by atoms with Gasteiger partial charge >= 0.3 is 5.97 Å². The van der Waals surface area contributed by atoms with Crippen LogP contribution in [0.5, 0.6) is 11.5 Å². The van der Waals surface area contributed by atoms with E-state index in [1.807, 2.05) is 43.3 Å². The Morgan fingerprint density at radius 1 is 1.10 bits per heavy atom. The van der Waals surface area contributed by atoms with E-state index in [0.717, 1.165) is 16.7 Å². The number of carbonyl (C=O) groups is 3. The summed E-state index contributed by atoms with van der Waals surface area (Å²) in [5.41, 5.74) is 2.88. The summed E-state index contributed by atoms with van der Waals surface area (Å²) in [6.45, 7) is 9.22. The molecule has 0 bridgehead atoms. The molecule has 3 aliphatic heterocycles. The topological polar surface area (TPSA) is 106 Å². The predicted octanol–water partition coefficient (Wildman–Crippen LogP) is 4.35. The summed E-state index contributed by atoms with van der Waals surface area (Å²) < 4.78 is 18.6. The molecule has 9 heteroatoms. The summed E-state index contributed by atoms with van der Waals surface area (Å²) in [4.78, 5) is 42.8. The third kappa shape index (κ3) is 5.14. The Bertz CT molecular complexity index is 1310. The molecule has 0 unspecified atom stereocenters. The van der Waals surface area contributed by atoms with Crippen molar-refractivity contribution in [3.8, 4) is 11.5 Å². The van der Waals surface area contributed by atoms with E-state index in [2.05, 4.69) is 20.8 Å². The van der Waals surface area contributed by atoms with Crippen molar-refractivity contribution in [1.29, 1.82) is 0 Å². The van der Waals surface area contributed by atoms with Crippen molar-refractivity contribution in [1.82, 2.24) is 4.90 Å². The molecule has 2 aromatic carbocycles. The first-order chi connectivity index (χ1) is 19.0. The lowest BCUT2D eigenvalue weighted by Gasteiger charge is -2.44. The Hall–Kier alpha value is -3.59. The fourth-order valence-corrected chi connectivity index (χ4v) is 6.01. The molecule has 1 N–H and O–H groups in total. The molecule has 0 radical (unpaired) electrons. The molecule has 1 saturated heterocycles. The number of benzene rings is 2. The van der Waals surface area contributed by atoms with Crippen molar-refractivity contribution in [2.24, 2.45) is 11.3 Å². The number of methoxy groups -OCH3 is 1. The maximum Gasteiger partial charge on any atom is 0.306 e. The summed E-state index contributed by atoms with van der Waals surface area (Å²) in [6, 6.07) is 11.2. The van der Waals surface area contributed by atoms with Crippen LogP contribution in [0.15, 0.2) is 36.4 Å². The fourth-order valence-electron chi connectivity index (χ4n) is 6.01. The summed E-state index contributed by atoms with van der Waals surface area (Å²) >= 11 is 0. The van der Waals surface area contributed by atoms with E-state index in [4.69, 9.17) is 14.2 Å². The van der Waals surface area contributed by atoms with Crippen LogP contribution in [0.25, 0.3) is 0 Å². The number of nitrogens with zero attached hydrogens (tertiary/aromatic N) is 2. The molecule has 3 atom stereocenters. The smallest absolute Gasteiger partial charge is 0.306 e. The van der Waals surface area contributed by atoms with Crippen molar-refractivity contribution in [3.05, 3.63) is 53.1 Å². The van der Waals surface area contributed by atoms with Gasteiger partial charge in [-0.05, 0) is 42.9 Å². The van der Waals surface area contributed by atoms with Gasteiger partial charge in [-0.2, -0.15) is 0 Å². The largest absolute Gasteiger partial charge is 0.496 e. The highest BCUT2D eigenvalue weighted by atomic mass is 16.5. The molecule has 3 heterocycles. The zero-order valence-corrected chi connectivity index (χ0v) is 23.8. The van der Waals surface area contributed by atoms with Crippen molar-refractivity contribution >= 4 is 23.5 Å². The van der Waals surface area contributed by atoms with Gasteiger partial charge in [-0.1, -0.05) is 45.0 Å². The minimum absolute atomic E-state index is 0.140. The number of hydrogen-bond donors (Lipinski definition) is 1. The van der Waals surface area contributed by atoms with Crippen molar-refractivity contribution in [2.45, 2.75) is 65.2 Å². The van der Waals surface area contributed by atoms with Gasteiger partial charge in [0.15, 0.2) is 0 Å². The van der Waals surface area contributed by atoms with E-state index in [9.17, 15) is 19.5 Å². The van der Waals surface area contributed by atoms with E-state index in [1.54, 1.807) is 16.9 Å². The number of aryl methyl sites for hydroxylation is 1. The van der Waals surface area contributed by atoms with Crippen molar-refractivity contribution in [2.75, 3.05) is 31.7 Å². The second kappa shape index (κ2) is 10.8. The highest BCUT2D eigenvalue weighted by Gasteiger charge is 2.48. The number of ether oxygens (including phenoxy) is 3. The second-order valence-electron chi connectivity index (χ2n) is 12.0. The van der Waals surface area contributed by atoms with Gasteiger partial charge in [0, 0.05) is 24.2 Å². The lowest BCUT2D eigenvalue weighted by molar-refractivity contribution is -0.148. The van der Waals surface area contributed by atoms with Gasteiger partial charge in [-0.15, -0.1) is 0 Å². The van der Waals surface area contributed by atoms with Gasteiger partial charge in [-0.25, -0.2) is 0 Å². The Kier molecular flexibility index (Phi) is 7.52. The normalized spacial score (nSPS) is 23.2. The average Bonchev–Trinajstić information content (AvgIpc) is 3.03. The quantitative estimate of drug-likeness (QED) is 0.590. The van der Waals surface area contributed by atoms with E-state index in [-0.39, 0.29) is 29.7 Å². The van der Waals surface area contributed by atoms with E-state index >= 15 is 0 Å². The number of likely N-dealkylation sites (tertiary alicyclic amines) is 1. The van der Waals surface area contributed by atoms with Gasteiger partial charge < -0.3 is 24.2 Å². The molecular formula is C31H38N2O7. The monoisotopic (exact) mass is 550 g/mol. The standard InChI is InChI=1S/C31H38N2O7/c1-18-14-21-27-23(15-18)39-17-25(31(2,3)4)33(27)29(35)24(40-28(21)20-8-6-7-9-22(20)38-5)16-26(34)32-12-10-19(11-13-32)30(36)37/h6-9,14-15,19,24-25,28H,10-13,16-17H2,1-5H3,(H,36,37)/t24-,25+,28-/m1/s1. The first kappa shape index (κ1) is 28.0. The maximum atomic E-state index is 14.4. The SMILES string of the molecule is COc1ccccc1[C@H]1O[C@H](CC(=O)N2CCC(C(=O)O)CC2)C(=O)N2c3c(cc(C)cc31)OC[C@H]2C(C)(C)C. The number of carboxylic acids is 1. The molecule has 214 valence electrons. The minimum Gasteiger partial charge on any atom is -0.496 e. The molecule has 9 nitrogen and oxygen atoms in total. The number of carbonyl (C=O) groups excluding carboxylic acids is 2. The van der Waals surface area contributed by atoms with Crippen molar-refractivity contribution < 1.29 is 33.7 Å². The number of anilines is 1. The third-order valence-electron chi connectivity index (χ3n) is 8.27. The van der Waals surface area contributed by atoms with Gasteiger partial charge in [0.1, 0.15) is 30.3 Å².